The van der Waals surface area contributed by atoms with Crippen molar-refractivity contribution in [1.29, 1.82) is 0 Å². The number of pyridine rings is 2. The lowest BCUT2D eigenvalue weighted by Crippen LogP contribution is -2.48. The molecule has 0 aliphatic carbocycles. The van der Waals surface area contributed by atoms with Crippen LogP contribution in [-0.4, -0.2) is 0 Å². The topological polar surface area (TPSA) is 11.0 Å². The van der Waals surface area contributed by atoms with Crippen LogP contribution in [0.5, 0.6) is 0 Å². The van der Waals surface area contributed by atoms with Crippen LogP contribution in [0.2, 0.25) is 0 Å². The summed E-state index contributed by atoms with van der Waals surface area (Å²) < 4.78 is 18.8. The Hall–Kier alpha value is -4.31. The van der Waals surface area contributed by atoms with E-state index in [1.165, 1.54) is 45.0 Å². The number of anilines is 3. The zero-order valence-corrected chi connectivity index (χ0v) is 19.7. The number of rotatable bonds is 1. The number of fused-ring (bicyclic) bond motifs is 5. The summed E-state index contributed by atoms with van der Waals surface area (Å²) >= 11 is 0. The molecular weight excluding hydrogens is 445 g/mol. The van der Waals surface area contributed by atoms with Crippen LogP contribution in [0.4, 0.5) is 21.5 Å². The number of hydrogen-bond acceptors (Lipinski definition) is 1. The molecule has 2 atom stereocenters. The number of benzene rings is 3. The average Bonchev–Trinajstić information content (AvgIpc) is 3.04. The Labute approximate surface area is 209 Å². The van der Waals surface area contributed by atoms with E-state index in [2.05, 4.69) is 99.2 Å². The van der Waals surface area contributed by atoms with Crippen molar-refractivity contribution in [2.45, 2.75) is 24.9 Å². The number of halogens is 1. The number of aromatic nitrogens is 2. The van der Waals surface area contributed by atoms with E-state index in [1.807, 2.05) is 12.1 Å². The van der Waals surface area contributed by atoms with Crippen LogP contribution in [0.3, 0.4) is 0 Å². The second kappa shape index (κ2) is 7.34. The third-order valence-electron chi connectivity index (χ3n) is 8.18. The summed E-state index contributed by atoms with van der Waals surface area (Å²) in [6.07, 6.45) is 4.43. The summed E-state index contributed by atoms with van der Waals surface area (Å²) in [4.78, 5) is 2.36. The van der Waals surface area contributed by atoms with Crippen LogP contribution in [0.15, 0.2) is 109 Å². The molecule has 3 aliphatic rings. The predicted molar refractivity (Wildman–Crippen MR) is 138 cm³/mol. The summed E-state index contributed by atoms with van der Waals surface area (Å²) in [7, 11) is 0. The molecule has 2 aromatic heterocycles. The number of hydrogen-bond donors (Lipinski definition) is 0. The molecule has 0 fully saturated rings. The molecular formula is C32H24FN3+2. The Kier molecular flexibility index (Phi) is 4.07. The van der Waals surface area contributed by atoms with Gasteiger partial charge in [-0.15, -0.1) is 0 Å². The Morgan fingerprint density at radius 3 is 1.64 bits per heavy atom. The minimum Gasteiger partial charge on any atom is -0.310 e. The number of nitrogens with zero attached hydrogens (tertiary/aromatic N) is 3. The SMILES string of the molecule is Fc1ccc(N2c3cccc4c3C(C[n+]3ccccc3-4)C3C[n+]4ccccc4-c4cccc2c43)cc1. The lowest BCUT2D eigenvalue weighted by Gasteiger charge is -2.31. The molecule has 4 heteroatoms. The first-order valence-electron chi connectivity index (χ1n) is 12.6. The van der Waals surface area contributed by atoms with Gasteiger partial charge in [0.2, 0.25) is 11.4 Å². The fraction of sp³-hybridized carbons (Fsp3) is 0.125. The molecule has 172 valence electrons. The molecule has 36 heavy (non-hydrogen) atoms. The highest BCUT2D eigenvalue weighted by Gasteiger charge is 2.47. The maximum Gasteiger partial charge on any atom is 0.212 e. The van der Waals surface area contributed by atoms with Gasteiger partial charge in [0, 0.05) is 41.1 Å². The molecule has 0 saturated carbocycles. The molecule has 0 saturated heterocycles. The highest BCUT2D eigenvalue weighted by molar-refractivity contribution is 5.89. The standard InChI is InChI=1S/C32H24FN3/c33-21-13-15-22(16-14-21)36-29-11-5-7-23-27-9-1-3-17-34(27)19-25(31(23)29)26-20-35-18-4-2-10-28(35)24-8-6-12-30(36)32(24)26/h1-18,25-26H,19-20H2/q+2. The zero-order chi connectivity index (χ0) is 23.8. The molecule has 0 radical (unpaired) electrons. The van der Waals surface area contributed by atoms with Crippen molar-refractivity contribution in [2.75, 3.05) is 4.90 Å². The van der Waals surface area contributed by atoms with Gasteiger partial charge in [0.05, 0.1) is 34.3 Å². The molecule has 2 unspecified atom stereocenters. The monoisotopic (exact) mass is 469 g/mol. The maximum atomic E-state index is 14.0. The smallest absolute Gasteiger partial charge is 0.212 e. The highest BCUT2D eigenvalue weighted by Crippen LogP contribution is 2.56. The lowest BCUT2D eigenvalue weighted by atomic mass is 9.74. The second-order valence-electron chi connectivity index (χ2n) is 9.98. The molecule has 3 nitrogen and oxygen atoms in total. The van der Waals surface area contributed by atoms with E-state index in [4.69, 9.17) is 0 Å². The highest BCUT2D eigenvalue weighted by atomic mass is 19.1. The van der Waals surface area contributed by atoms with Gasteiger partial charge < -0.3 is 4.90 Å². The van der Waals surface area contributed by atoms with Gasteiger partial charge in [-0.25, -0.2) is 4.39 Å². The zero-order valence-electron chi connectivity index (χ0n) is 19.7. The van der Waals surface area contributed by atoms with E-state index in [0.29, 0.717) is 11.8 Å². The van der Waals surface area contributed by atoms with Gasteiger partial charge in [-0.05, 0) is 60.7 Å². The van der Waals surface area contributed by atoms with Crippen molar-refractivity contribution in [3.05, 3.63) is 126 Å². The largest absolute Gasteiger partial charge is 0.310 e. The minimum absolute atomic E-state index is 0.217. The quantitative estimate of drug-likeness (QED) is 0.258. The summed E-state index contributed by atoms with van der Waals surface area (Å²) in [6.45, 7) is 1.86. The van der Waals surface area contributed by atoms with Crippen molar-refractivity contribution in [1.82, 2.24) is 0 Å². The van der Waals surface area contributed by atoms with Crippen LogP contribution in [0.25, 0.3) is 22.5 Å². The third kappa shape index (κ3) is 2.67. The lowest BCUT2D eigenvalue weighted by molar-refractivity contribution is -0.704. The van der Waals surface area contributed by atoms with Gasteiger partial charge in [-0.2, -0.15) is 9.13 Å². The van der Waals surface area contributed by atoms with Gasteiger partial charge >= 0.3 is 0 Å². The van der Waals surface area contributed by atoms with Crippen LogP contribution < -0.4 is 14.0 Å². The first-order valence-corrected chi connectivity index (χ1v) is 12.6. The summed E-state index contributed by atoms with van der Waals surface area (Å²) in [5, 5.41) is 0. The molecule has 5 heterocycles. The van der Waals surface area contributed by atoms with Crippen molar-refractivity contribution in [2.24, 2.45) is 0 Å². The van der Waals surface area contributed by atoms with Crippen molar-refractivity contribution in [3.63, 3.8) is 0 Å². The molecule has 8 rings (SSSR count). The van der Waals surface area contributed by atoms with E-state index >= 15 is 0 Å². The molecule has 3 aliphatic heterocycles. The Balaban J connectivity index is 1.50. The Bertz CT molecular complexity index is 1570. The van der Waals surface area contributed by atoms with E-state index < -0.39 is 0 Å². The average molecular weight is 470 g/mol. The van der Waals surface area contributed by atoms with Crippen LogP contribution in [0, 0.1) is 5.82 Å². The maximum absolute atomic E-state index is 14.0. The van der Waals surface area contributed by atoms with Crippen LogP contribution >= 0.6 is 0 Å². The van der Waals surface area contributed by atoms with Gasteiger partial charge in [-0.1, -0.05) is 12.1 Å². The first kappa shape index (κ1) is 19.9. The third-order valence-corrected chi connectivity index (χ3v) is 8.18. The summed E-state index contributed by atoms with van der Waals surface area (Å²) in [5.41, 5.74) is 11.2. The molecule has 3 aromatic carbocycles. The van der Waals surface area contributed by atoms with Crippen molar-refractivity contribution < 1.29 is 13.5 Å². The van der Waals surface area contributed by atoms with E-state index in [0.717, 1.165) is 18.8 Å². The minimum atomic E-state index is -0.217. The first-order chi connectivity index (χ1) is 17.8. The molecule has 0 bridgehead atoms. The predicted octanol–water partition coefficient (Wildman–Crippen LogP) is 6.41. The molecule has 0 spiro atoms. The van der Waals surface area contributed by atoms with Crippen LogP contribution in [-0.2, 0) is 13.1 Å². The van der Waals surface area contributed by atoms with E-state index in [-0.39, 0.29) is 5.82 Å². The second-order valence-corrected chi connectivity index (χ2v) is 9.98. The Morgan fingerprint density at radius 2 is 1.11 bits per heavy atom. The molecule has 0 amide bonds. The fourth-order valence-corrected chi connectivity index (χ4v) is 6.74. The van der Waals surface area contributed by atoms with Crippen molar-refractivity contribution in [3.8, 4) is 22.5 Å². The Morgan fingerprint density at radius 1 is 0.583 bits per heavy atom. The van der Waals surface area contributed by atoms with Gasteiger partial charge in [0.15, 0.2) is 25.5 Å². The molecule has 5 aromatic rings. The van der Waals surface area contributed by atoms with E-state index in [9.17, 15) is 4.39 Å². The van der Waals surface area contributed by atoms with Crippen LogP contribution in [0.1, 0.15) is 23.0 Å². The van der Waals surface area contributed by atoms with Gasteiger partial charge in [-0.3, -0.25) is 0 Å². The van der Waals surface area contributed by atoms with E-state index in [1.54, 1.807) is 12.1 Å². The molecule has 0 N–H and O–H groups in total. The fourth-order valence-electron chi connectivity index (χ4n) is 6.74. The summed E-state index contributed by atoms with van der Waals surface area (Å²) in [6, 6.07) is 33.2. The normalized spacial score (nSPS) is 18.4. The summed E-state index contributed by atoms with van der Waals surface area (Å²) in [5.74, 6) is 0.398. The van der Waals surface area contributed by atoms with Gasteiger partial charge in [0.25, 0.3) is 0 Å². The van der Waals surface area contributed by atoms with Crippen molar-refractivity contribution >= 4 is 17.1 Å². The van der Waals surface area contributed by atoms with Gasteiger partial charge in [0.1, 0.15) is 5.82 Å².